The molecule has 23 heteroatoms. The molecule has 9 aromatic rings. The van der Waals surface area contributed by atoms with Crippen LogP contribution in [0.4, 0.5) is 34.1 Å². The number of pyridine rings is 3. The quantitative estimate of drug-likeness (QED) is 0.0396. The van der Waals surface area contributed by atoms with Crippen molar-refractivity contribution in [1.82, 2.24) is 44.3 Å². The number of esters is 1. The van der Waals surface area contributed by atoms with Crippen LogP contribution in [0, 0.1) is 6.92 Å². The normalized spacial score (nSPS) is 10.5. The number of aliphatic hydroxyl groups is 1. The Morgan fingerprint density at radius 2 is 0.929 bits per heavy atom. The van der Waals surface area contributed by atoms with Crippen molar-refractivity contribution in [1.29, 1.82) is 0 Å². The van der Waals surface area contributed by atoms with E-state index in [1.807, 2.05) is 66.7 Å². The van der Waals surface area contributed by atoms with Gasteiger partial charge in [-0.15, -0.1) is 0 Å². The van der Waals surface area contributed by atoms with Gasteiger partial charge in [0.05, 0.1) is 70.1 Å². The molecule has 0 fully saturated rings. The van der Waals surface area contributed by atoms with Gasteiger partial charge in [-0.1, -0.05) is 91.0 Å². The van der Waals surface area contributed by atoms with Crippen LogP contribution in [0.25, 0.3) is 33.8 Å². The van der Waals surface area contributed by atoms with Gasteiger partial charge in [-0.25, -0.2) is 23.6 Å². The first-order valence-corrected chi connectivity index (χ1v) is 26.2. The molecule has 5 N–H and O–H groups in total. The summed E-state index contributed by atoms with van der Waals surface area (Å²) >= 11 is 0. The Labute approximate surface area is 480 Å². The Balaban J connectivity index is 0.000000181. The molecule has 0 aliphatic carbocycles. The summed E-state index contributed by atoms with van der Waals surface area (Å²) in [7, 11) is 1.27. The van der Waals surface area contributed by atoms with Gasteiger partial charge in [-0.2, -0.15) is 15.3 Å². The molecule has 0 spiro atoms. The first-order chi connectivity index (χ1) is 40.4. The summed E-state index contributed by atoms with van der Waals surface area (Å²) in [6, 6.07) is 33.7. The smallest absolute Gasteiger partial charge is 0.339 e. The summed E-state index contributed by atoms with van der Waals surface area (Å²) in [4.78, 5) is 111. The summed E-state index contributed by atoms with van der Waals surface area (Å²) in [5.41, 5.74) is 4.57. The molecule has 6 heterocycles. The molecular formula is C61H58N12O11. The number of aliphatic hydroxyl groups excluding tert-OH is 1. The maximum atomic E-state index is 13.0. The zero-order chi connectivity index (χ0) is 60.6. The van der Waals surface area contributed by atoms with E-state index in [-0.39, 0.29) is 62.1 Å². The van der Waals surface area contributed by atoms with Crippen LogP contribution < -0.4 is 32.6 Å². The molecule has 0 bridgehead atoms. The van der Waals surface area contributed by atoms with Gasteiger partial charge in [-0.05, 0) is 65.8 Å². The molecule has 6 aromatic heterocycles. The molecule has 0 unspecified atom stereocenters. The van der Waals surface area contributed by atoms with Crippen LogP contribution in [0.3, 0.4) is 0 Å². The van der Waals surface area contributed by atoms with E-state index < -0.39 is 41.0 Å². The molecular weight excluding hydrogens is 1080 g/mol. The highest BCUT2D eigenvalue weighted by atomic mass is 16.5. The minimum atomic E-state index is -1.14. The Bertz CT molecular complexity index is 4100. The number of aryl methyl sites for hydroxylation is 4. The van der Waals surface area contributed by atoms with E-state index in [1.54, 1.807) is 70.3 Å². The third kappa shape index (κ3) is 14.0. The zero-order valence-electron chi connectivity index (χ0n) is 46.8. The molecule has 428 valence electrons. The topological polar surface area (TPSA) is 314 Å². The lowest BCUT2D eigenvalue weighted by atomic mass is 10.0. The zero-order valence-corrected chi connectivity index (χ0v) is 46.8. The van der Waals surface area contributed by atoms with Crippen LogP contribution in [0.15, 0.2) is 161 Å². The predicted molar refractivity (Wildman–Crippen MR) is 316 cm³/mol. The summed E-state index contributed by atoms with van der Waals surface area (Å²) in [6.45, 7) is 10.1. The minimum Gasteiger partial charge on any atom is -0.478 e. The summed E-state index contributed by atoms with van der Waals surface area (Å²) in [5.74, 6) is -2.93. The first-order valence-electron chi connectivity index (χ1n) is 26.2. The van der Waals surface area contributed by atoms with E-state index >= 15 is 0 Å². The number of Topliss-reactive ketones (excluding diaryl/α,β-unsaturated/α-hetero) is 3. The van der Waals surface area contributed by atoms with Crippen LogP contribution in [0.5, 0.6) is 0 Å². The number of hydrogen-bond acceptors (Lipinski definition) is 19. The van der Waals surface area contributed by atoms with Gasteiger partial charge in [-0.3, -0.25) is 43.7 Å². The summed E-state index contributed by atoms with van der Waals surface area (Å²) < 4.78 is 8.54. The Hall–Kier alpha value is -10.9. The third-order valence-corrected chi connectivity index (χ3v) is 12.6. The molecule has 0 radical (unpaired) electrons. The average molecular weight is 1140 g/mol. The lowest BCUT2D eigenvalue weighted by molar-refractivity contribution is 0.0599. The predicted octanol–water partition coefficient (Wildman–Crippen LogP) is 8.58. The number of carbonyl (C=O) groups excluding carboxylic acids is 4. The van der Waals surface area contributed by atoms with E-state index in [4.69, 9.17) is 9.84 Å². The summed E-state index contributed by atoms with van der Waals surface area (Å²) in [6.07, 6.45) is 7.04. The molecule has 23 nitrogen and oxygen atoms in total. The van der Waals surface area contributed by atoms with Crippen molar-refractivity contribution < 1.29 is 38.9 Å². The maximum absolute atomic E-state index is 13.0. The number of carbonyl (C=O) groups is 5. The number of nitrogens with zero attached hydrogens (tertiary/aromatic N) is 9. The third-order valence-electron chi connectivity index (χ3n) is 12.6. The van der Waals surface area contributed by atoms with Crippen LogP contribution in [0.1, 0.15) is 92.1 Å². The number of carboxylic acid groups (broad SMARTS) is 1. The van der Waals surface area contributed by atoms with Crippen molar-refractivity contribution >= 4 is 63.4 Å². The second-order valence-corrected chi connectivity index (χ2v) is 18.2. The number of benzene rings is 3. The fourth-order valence-electron chi connectivity index (χ4n) is 8.54. The first kappa shape index (κ1) is 60.7. The highest BCUT2D eigenvalue weighted by molar-refractivity contribution is 6.08. The van der Waals surface area contributed by atoms with Gasteiger partial charge < -0.3 is 30.9 Å². The van der Waals surface area contributed by atoms with E-state index in [9.17, 15) is 43.5 Å². The van der Waals surface area contributed by atoms with Crippen molar-refractivity contribution in [3.63, 3.8) is 0 Å². The number of rotatable bonds is 18. The number of ether oxygens (including phenoxy) is 1. The van der Waals surface area contributed by atoms with Gasteiger partial charge in [0.15, 0.2) is 17.3 Å². The fourth-order valence-corrected chi connectivity index (χ4v) is 8.54. The van der Waals surface area contributed by atoms with E-state index in [0.29, 0.717) is 70.5 Å². The second-order valence-electron chi connectivity index (χ2n) is 18.2. The van der Waals surface area contributed by atoms with Gasteiger partial charge in [0, 0.05) is 54.9 Å². The van der Waals surface area contributed by atoms with Gasteiger partial charge in [0.25, 0.3) is 16.7 Å². The SMILES string of the molecule is CCn1nc(-c2ccccc2)c(C(=O)CO)c(Nc2cccnc2C)c1=O.CCn1nc(-c2ccccc2)c(C(C)=O)c(Nc2cncc(C(=O)O)c2)c1=O.CCn1nc(-c2ccccc2)c(C(C)=O)c(Nc2cncc(C(=O)OC)c2)c1=O. The number of nitrogens with one attached hydrogen (secondary N) is 3. The minimum absolute atomic E-state index is 0.0348. The van der Waals surface area contributed by atoms with Crippen LogP contribution in [-0.4, -0.2) is 97.5 Å². The Morgan fingerprint density at radius 1 is 0.536 bits per heavy atom. The Kier molecular flexibility index (Phi) is 20.2. The molecule has 0 amide bonds. The van der Waals surface area contributed by atoms with E-state index in [0.717, 1.165) is 0 Å². The van der Waals surface area contributed by atoms with Crippen molar-refractivity contribution in [2.24, 2.45) is 0 Å². The molecule has 0 saturated carbocycles. The Morgan fingerprint density at radius 3 is 1.30 bits per heavy atom. The number of ketones is 3. The van der Waals surface area contributed by atoms with Crippen molar-refractivity contribution in [2.75, 3.05) is 29.7 Å². The molecule has 0 aliphatic heterocycles. The van der Waals surface area contributed by atoms with Gasteiger partial charge in [0.2, 0.25) is 0 Å². The number of methoxy groups -OCH3 is 1. The lowest BCUT2D eigenvalue weighted by Crippen LogP contribution is -2.29. The molecule has 0 saturated heterocycles. The molecule has 9 rings (SSSR count). The van der Waals surface area contributed by atoms with Crippen molar-refractivity contribution in [3.8, 4) is 33.8 Å². The largest absolute Gasteiger partial charge is 0.478 e. The standard InChI is InChI=1S/C21H20N4O4.C20H18N4O4.C20H20N4O3/c1-4-25-20(27)19(23-16-10-15(11-22-12-16)21(28)29-3)17(13(2)26)18(24-25)14-8-6-5-7-9-14;1-3-24-19(26)18(22-15-9-14(20(27)28)10-21-11-15)16(12(2)25)17(23-24)13-7-5-4-6-8-13;1-3-24-20(27)19(22-15-10-7-11-21-13(15)2)17(16(26)12-25)18(23-24)14-8-5-4-6-9-14/h5-12,23H,4H2,1-3H3;4-11,22H,3H2,1-2H3,(H,27,28);4-11,22,25H,3,12H2,1-2H3. The second kappa shape index (κ2) is 28.0. The van der Waals surface area contributed by atoms with Crippen LogP contribution in [-0.2, 0) is 24.4 Å². The van der Waals surface area contributed by atoms with Crippen LogP contribution in [0.2, 0.25) is 0 Å². The molecule has 84 heavy (non-hydrogen) atoms. The van der Waals surface area contributed by atoms with Gasteiger partial charge >= 0.3 is 11.9 Å². The molecule has 0 atom stereocenters. The van der Waals surface area contributed by atoms with Gasteiger partial charge in [0.1, 0.15) is 40.8 Å². The number of hydrogen-bond donors (Lipinski definition) is 5. The van der Waals surface area contributed by atoms with Crippen molar-refractivity contribution in [2.45, 2.75) is 61.2 Å². The van der Waals surface area contributed by atoms with Crippen LogP contribution >= 0.6 is 0 Å². The highest BCUT2D eigenvalue weighted by Gasteiger charge is 2.26. The number of carboxylic acids is 1. The summed E-state index contributed by atoms with van der Waals surface area (Å²) in [5, 5.41) is 40.7. The molecule has 0 aliphatic rings. The number of aromatic nitrogens is 9. The van der Waals surface area contributed by atoms with E-state index in [2.05, 4.69) is 46.2 Å². The van der Waals surface area contributed by atoms with Crippen molar-refractivity contribution in [3.05, 3.63) is 211 Å². The molecule has 3 aromatic carbocycles. The fraction of sp³-hybridized carbons (Fsp3) is 0.180. The maximum Gasteiger partial charge on any atom is 0.339 e. The average Bonchev–Trinajstić information content (AvgIpc) is 2.49. The van der Waals surface area contributed by atoms with E-state index in [1.165, 1.54) is 71.9 Å². The number of anilines is 6. The number of aromatic carboxylic acids is 1. The highest BCUT2D eigenvalue weighted by Crippen LogP contribution is 2.31. The lowest BCUT2D eigenvalue weighted by Gasteiger charge is -2.17. The monoisotopic (exact) mass is 1130 g/mol.